The van der Waals surface area contributed by atoms with E-state index in [1.54, 1.807) is 0 Å². The Morgan fingerprint density at radius 2 is 1.05 bits per heavy atom. The maximum Gasteiger partial charge on any atom is -0.0184 e. The summed E-state index contributed by atoms with van der Waals surface area (Å²) in [6.45, 7) is 2.28. The van der Waals surface area contributed by atoms with Crippen molar-refractivity contribution in [1.82, 2.24) is 0 Å². The van der Waals surface area contributed by atoms with Crippen LogP contribution in [0.5, 0.6) is 0 Å². The minimum absolute atomic E-state index is 0.230. The molecule has 1 unspecified atom stereocenters. The molecule has 0 radical (unpaired) electrons. The van der Waals surface area contributed by atoms with E-state index in [1.807, 2.05) is 0 Å². The summed E-state index contributed by atoms with van der Waals surface area (Å²) < 4.78 is 0. The molecule has 0 bridgehead atoms. The van der Waals surface area contributed by atoms with E-state index >= 15 is 0 Å². The Bertz CT molecular complexity index is 672. The van der Waals surface area contributed by atoms with Crippen molar-refractivity contribution in [1.29, 1.82) is 0 Å². The third-order valence-electron chi connectivity index (χ3n) is 3.67. The van der Waals surface area contributed by atoms with Crippen molar-refractivity contribution in [3.63, 3.8) is 0 Å². The van der Waals surface area contributed by atoms with E-state index < -0.39 is 0 Å². The first-order valence-electron chi connectivity index (χ1n) is 7.36. The van der Waals surface area contributed by atoms with E-state index in [-0.39, 0.29) is 7.92 Å². The summed E-state index contributed by atoms with van der Waals surface area (Å²) in [4.78, 5) is 0. The van der Waals surface area contributed by atoms with Gasteiger partial charge in [-0.2, -0.15) is 0 Å². The molecule has 104 valence electrons. The predicted octanol–water partition coefficient (Wildman–Crippen LogP) is 4.81. The zero-order chi connectivity index (χ0) is 14.5. The maximum atomic E-state index is 2.30. The minimum atomic E-state index is -0.230. The molecule has 3 rings (SSSR count). The Morgan fingerprint density at radius 3 is 1.62 bits per heavy atom. The summed E-state index contributed by atoms with van der Waals surface area (Å²) >= 11 is 0. The second-order valence-electron chi connectivity index (χ2n) is 4.99. The molecule has 0 amide bonds. The smallest absolute Gasteiger partial charge is 0.0184 e. The first-order chi connectivity index (χ1) is 10.4. The highest BCUT2D eigenvalue weighted by atomic mass is 31.1. The number of hydrogen-bond acceptors (Lipinski definition) is 0. The SMILES string of the molecule is CCP(c1ccccc1)c1ccc(-c2ccccc2)cc1. The largest absolute Gasteiger partial charge is 0.0622 e. The zero-order valence-corrected chi connectivity index (χ0v) is 13.1. The first-order valence-corrected chi connectivity index (χ1v) is 8.89. The fourth-order valence-electron chi connectivity index (χ4n) is 2.59. The Labute approximate surface area is 128 Å². The van der Waals surface area contributed by atoms with Crippen molar-refractivity contribution >= 4 is 18.5 Å². The molecule has 0 spiro atoms. The molecule has 3 aromatic carbocycles. The van der Waals surface area contributed by atoms with Crippen molar-refractivity contribution in [3.05, 3.63) is 84.9 Å². The Hall–Kier alpha value is -1.91. The van der Waals surface area contributed by atoms with Crippen LogP contribution in [0.3, 0.4) is 0 Å². The lowest BCUT2D eigenvalue weighted by molar-refractivity contribution is 1.50. The standard InChI is InChI=1S/C20H19P/c1-2-21(19-11-7-4-8-12-19)20-15-13-18(14-16-20)17-9-5-3-6-10-17/h3-16H,2H2,1H3. The van der Waals surface area contributed by atoms with Gasteiger partial charge in [0, 0.05) is 0 Å². The van der Waals surface area contributed by atoms with Gasteiger partial charge in [0.05, 0.1) is 0 Å². The van der Waals surface area contributed by atoms with Crippen LogP contribution in [0.15, 0.2) is 84.9 Å². The van der Waals surface area contributed by atoms with Gasteiger partial charge in [-0.15, -0.1) is 0 Å². The highest BCUT2D eigenvalue weighted by molar-refractivity contribution is 7.72. The van der Waals surface area contributed by atoms with Crippen LogP contribution in [0.4, 0.5) is 0 Å². The molecule has 0 fully saturated rings. The summed E-state index contributed by atoms with van der Waals surface area (Å²) in [5.74, 6) is 0. The molecule has 0 heterocycles. The van der Waals surface area contributed by atoms with Gasteiger partial charge >= 0.3 is 0 Å². The molecule has 21 heavy (non-hydrogen) atoms. The fourth-order valence-corrected chi connectivity index (χ4v) is 4.66. The van der Waals surface area contributed by atoms with Crippen LogP contribution in [0.2, 0.25) is 0 Å². The Kier molecular flexibility index (Phi) is 4.48. The lowest BCUT2D eigenvalue weighted by Gasteiger charge is -2.17. The summed E-state index contributed by atoms with van der Waals surface area (Å²) in [6.07, 6.45) is 1.18. The first kappa shape index (κ1) is 14.0. The molecule has 0 nitrogen and oxygen atoms in total. The number of hydrogen-bond donors (Lipinski definition) is 0. The molecular formula is C20H19P. The molecule has 0 saturated carbocycles. The Morgan fingerprint density at radius 1 is 0.571 bits per heavy atom. The molecule has 0 aliphatic rings. The van der Waals surface area contributed by atoms with Gasteiger partial charge in [0.1, 0.15) is 0 Å². The lowest BCUT2D eigenvalue weighted by atomic mass is 10.1. The van der Waals surface area contributed by atoms with Crippen molar-refractivity contribution < 1.29 is 0 Å². The fraction of sp³-hybridized carbons (Fsp3) is 0.100. The number of benzene rings is 3. The summed E-state index contributed by atoms with van der Waals surface area (Å²) in [5.41, 5.74) is 2.57. The van der Waals surface area contributed by atoms with Crippen molar-refractivity contribution in [2.45, 2.75) is 6.92 Å². The summed E-state index contributed by atoms with van der Waals surface area (Å²) in [5, 5.41) is 2.92. The van der Waals surface area contributed by atoms with Crippen LogP contribution >= 0.6 is 7.92 Å². The molecule has 0 aliphatic carbocycles. The third kappa shape index (κ3) is 3.23. The highest BCUT2D eigenvalue weighted by Crippen LogP contribution is 2.33. The molecule has 0 N–H and O–H groups in total. The van der Waals surface area contributed by atoms with Crippen LogP contribution in [0, 0.1) is 0 Å². The van der Waals surface area contributed by atoms with Crippen LogP contribution in [-0.4, -0.2) is 6.16 Å². The molecule has 0 aromatic heterocycles. The molecule has 1 atom stereocenters. The molecule has 0 saturated heterocycles. The summed E-state index contributed by atoms with van der Waals surface area (Å²) in [6, 6.07) is 30.5. The van der Waals surface area contributed by atoms with Gasteiger partial charge in [-0.1, -0.05) is 91.9 Å². The highest BCUT2D eigenvalue weighted by Gasteiger charge is 2.10. The Balaban J connectivity index is 1.90. The summed E-state index contributed by atoms with van der Waals surface area (Å²) in [7, 11) is -0.230. The maximum absolute atomic E-state index is 2.30. The van der Waals surface area contributed by atoms with Crippen molar-refractivity contribution in [2.24, 2.45) is 0 Å². The monoisotopic (exact) mass is 290 g/mol. The van der Waals surface area contributed by atoms with Crippen LogP contribution in [0.25, 0.3) is 11.1 Å². The van der Waals surface area contributed by atoms with Gasteiger partial charge in [-0.05, 0) is 35.8 Å². The van der Waals surface area contributed by atoms with Crippen molar-refractivity contribution in [2.75, 3.05) is 6.16 Å². The average Bonchev–Trinajstić information content (AvgIpc) is 2.58. The minimum Gasteiger partial charge on any atom is -0.0622 e. The second kappa shape index (κ2) is 6.70. The lowest BCUT2D eigenvalue weighted by Crippen LogP contribution is -2.12. The van der Waals surface area contributed by atoms with Crippen LogP contribution in [0.1, 0.15) is 6.92 Å². The average molecular weight is 290 g/mol. The van der Waals surface area contributed by atoms with E-state index in [0.29, 0.717) is 0 Å². The van der Waals surface area contributed by atoms with E-state index in [4.69, 9.17) is 0 Å². The van der Waals surface area contributed by atoms with Crippen molar-refractivity contribution in [3.8, 4) is 11.1 Å². The molecule has 3 aromatic rings. The zero-order valence-electron chi connectivity index (χ0n) is 12.2. The van der Waals surface area contributed by atoms with Crippen LogP contribution in [-0.2, 0) is 0 Å². The van der Waals surface area contributed by atoms with Gasteiger partial charge in [0.2, 0.25) is 0 Å². The van der Waals surface area contributed by atoms with E-state index in [9.17, 15) is 0 Å². The topological polar surface area (TPSA) is 0 Å². The number of rotatable bonds is 4. The van der Waals surface area contributed by atoms with Gasteiger partial charge in [0.25, 0.3) is 0 Å². The van der Waals surface area contributed by atoms with Crippen LogP contribution < -0.4 is 10.6 Å². The van der Waals surface area contributed by atoms with E-state index in [1.165, 1.54) is 27.9 Å². The second-order valence-corrected chi connectivity index (χ2v) is 7.51. The molecule has 0 aliphatic heterocycles. The molecular weight excluding hydrogens is 271 g/mol. The van der Waals surface area contributed by atoms with E-state index in [0.717, 1.165) is 0 Å². The molecule has 1 heteroatoms. The van der Waals surface area contributed by atoms with Gasteiger partial charge in [-0.25, -0.2) is 0 Å². The predicted molar refractivity (Wildman–Crippen MR) is 95.0 cm³/mol. The quantitative estimate of drug-likeness (QED) is 0.605. The van der Waals surface area contributed by atoms with Gasteiger partial charge < -0.3 is 0 Å². The van der Waals surface area contributed by atoms with Gasteiger partial charge in [-0.3, -0.25) is 0 Å². The normalized spacial score (nSPS) is 12.0. The van der Waals surface area contributed by atoms with E-state index in [2.05, 4.69) is 91.9 Å². The third-order valence-corrected chi connectivity index (χ3v) is 6.15. The van der Waals surface area contributed by atoms with Gasteiger partial charge in [0.15, 0.2) is 0 Å².